The van der Waals surface area contributed by atoms with E-state index in [1.54, 1.807) is 18.2 Å². The maximum atomic E-state index is 13.2. The standard InChI is InChI=1S/2C23H27NO2.C23H27NO/c2*1-16-15-24-19(14-23(16,2)18-9-6-10-20(25)13-18)11-12-21(22(24)26)17-7-4-3-5-8-17;1-17-15-24-16-19(18-7-4-3-5-8-18)11-12-21(24)14-23(17,2)20-9-6-10-22(25)13-20/h2*3-10,13,16,19,21,25H,11-12,14-15H2,1-2H3;3-11,13,17,21,25H,12,14-16H2,1-2H3/t16-,19-,21+,23+;16-,19-,21-,23+;17-,21-,23+/m000/s1. The smallest absolute Gasteiger partial charge is 0.230 e. The summed E-state index contributed by atoms with van der Waals surface area (Å²) in [5.41, 5.74) is 8.84. The number of hydrogen-bond donors (Lipinski definition) is 3. The Morgan fingerprint density at radius 2 is 0.818 bits per heavy atom. The van der Waals surface area contributed by atoms with Gasteiger partial charge in [-0.1, -0.05) is 175 Å². The van der Waals surface area contributed by atoms with Gasteiger partial charge in [-0.25, -0.2) is 0 Å². The molecule has 2 amide bonds. The minimum atomic E-state index is -0.0141. The molecule has 6 aromatic rings. The van der Waals surface area contributed by atoms with Crippen LogP contribution in [0.5, 0.6) is 17.2 Å². The molecule has 6 aliphatic heterocycles. The molecular formula is C69H81N3O5. The van der Waals surface area contributed by atoms with Crippen LogP contribution in [0.2, 0.25) is 0 Å². The lowest BCUT2D eigenvalue weighted by Crippen LogP contribution is -2.57. The van der Waals surface area contributed by atoms with Crippen molar-refractivity contribution in [2.24, 2.45) is 17.8 Å². The maximum absolute atomic E-state index is 13.2. The van der Waals surface area contributed by atoms with Crippen LogP contribution >= 0.6 is 0 Å². The molecule has 0 aliphatic carbocycles. The van der Waals surface area contributed by atoms with Gasteiger partial charge in [-0.3, -0.25) is 14.5 Å². The van der Waals surface area contributed by atoms with Gasteiger partial charge in [-0.05, 0) is 161 Å². The van der Waals surface area contributed by atoms with E-state index < -0.39 is 0 Å². The second-order valence-electron chi connectivity index (χ2n) is 24.5. The molecule has 0 saturated carbocycles. The molecule has 6 aromatic carbocycles. The molecule has 0 bridgehead atoms. The van der Waals surface area contributed by atoms with Crippen molar-refractivity contribution in [3.05, 3.63) is 203 Å². The van der Waals surface area contributed by atoms with Crippen LogP contribution in [0, 0.1) is 17.8 Å². The van der Waals surface area contributed by atoms with Crippen LogP contribution < -0.4 is 0 Å². The molecule has 8 heteroatoms. The number of amides is 2. The highest BCUT2D eigenvalue weighted by atomic mass is 16.3. The number of hydrogen-bond acceptors (Lipinski definition) is 6. The zero-order valence-corrected chi connectivity index (χ0v) is 46.3. The zero-order valence-electron chi connectivity index (χ0n) is 46.3. The van der Waals surface area contributed by atoms with Crippen molar-refractivity contribution in [1.29, 1.82) is 0 Å². The van der Waals surface area contributed by atoms with E-state index in [1.165, 1.54) is 27.8 Å². The molecular weight excluding hydrogens is 951 g/mol. The molecule has 5 fully saturated rings. The Labute approximate surface area is 458 Å². The molecule has 5 saturated heterocycles. The fraction of sp³-hybridized carbons (Fsp3) is 0.420. The van der Waals surface area contributed by atoms with Crippen LogP contribution in [-0.2, 0) is 25.8 Å². The lowest BCUT2D eigenvalue weighted by Gasteiger charge is -2.52. The minimum absolute atomic E-state index is 0.00442. The molecule has 12 rings (SSSR count). The number of benzene rings is 6. The summed E-state index contributed by atoms with van der Waals surface area (Å²) in [6.07, 6.45) is 10.6. The predicted octanol–water partition coefficient (Wildman–Crippen LogP) is 13.8. The number of piperidine rings is 5. The Morgan fingerprint density at radius 1 is 0.442 bits per heavy atom. The van der Waals surface area contributed by atoms with E-state index in [0.29, 0.717) is 53.1 Å². The van der Waals surface area contributed by atoms with Crippen molar-refractivity contribution in [2.45, 2.75) is 139 Å². The van der Waals surface area contributed by atoms with E-state index in [1.807, 2.05) is 72.8 Å². The van der Waals surface area contributed by atoms with Crippen LogP contribution in [0.4, 0.5) is 0 Å². The van der Waals surface area contributed by atoms with Crippen molar-refractivity contribution < 1.29 is 24.9 Å². The van der Waals surface area contributed by atoms with E-state index in [0.717, 1.165) is 88.7 Å². The molecule has 8 nitrogen and oxygen atoms in total. The van der Waals surface area contributed by atoms with Gasteiger partial charge < -0.3 is 25.1 Å². The van der Waals surface area contributed by atoms with Gasteiger partial charge in [0, 0.05) is 44.3 Å². The van der Waals surface area contributed by atoms with Gasteiger partial charge in [0.1, 0.15) is 17.2 Å². The van der Waals surface area contributed by atoms with Crippen molar-refractivity contribution in [3.8, 4) is 17.2 Å². The Bertz CT molecular complexity index is 2900. The highest BCUT2D eigenvalue weighted by molar-refractivity contribution is 5.86. The number of phenolic OH excluding ortho intramolecular Hbond substituents is 3. The first-order valence-corrected chi connectivity index (χ1v) is 28.6. The summed E-state index contributed by atoms with van der Waals surface area (Å²) in [6.45, 7) is 17.5. The fourth-order valence-electron chi connectivity index (χ4n) is 14.5. The maximum Gasteiger partial charge on any atom is 0.230 e. The number of carbonyl (C=O) groups excluding carboxylic acids is 2. The number of aromatic hydroxyl groups is 3. The molecule has 0 aromatic heterocycles. The van der Waals surface area contributed by atoms with Crippen LogP contribution in [-0.4, -0.2) is 86.1 Å². The largest absolute Gasteiger partial charge is 0.508 e. The fourth-order valence-corrected chi connectivity index (χ4v) is 14.5. The minimum Gasteiger partial charge on any atom is -0.508 e. The summed E-state index contributed by atoms with van der Waals surface area (Å²) in [7, 11) is 0. The van der Waals surface area contributed by atoms with E-state index in [4.69, 9.17) is 0 Å². The van der Waals surface area contributed by atoms with E-state index in [-0.39, 0.29) is 39.9 Å². The SMILES string of the molecule is C[C@H]1CN2C(=O)[C@@H](c3ccccc3)CC[C@H]2C[C@@]1(C)c1cccc(O)c1.C[C@H]1CN2C(=O)[C@H](c3ccccc3)CC[C@H]2C[C@@]1(C)c1cccc(O)c1.C[C@H]1CN2CC(c3ccccc3)=CC[C@H]2C[C@@]1(C)c1cccc(O)c1. The number of rotatable bonds is 6. The first-order chi connectivity index (χ1) is 37.0. The number of carbonyl (C=O) groups is 2. The van der Waals surface area contributed by atoms with Gasteiger partial charge in [-0.15, -0.1) is 0 Å². The second-order valence-corrected chi connectivity index (χ2v) is 24.5. The summed E-state index contributed by atoms with van der Waals surface area (Å²) < 4.78 is 0. The summed E-state index contributed by atoms with van der Waals surface area (Å²) in [5.74, 6) is 2.86. The monoisotopic (exact) mass is 1030 g/mol. The number of fused-ring (bicyclic) bond motifs is 3. The molecule has 402 valence electrons. The Kier molecular flexibility index (Phi) is 15.6. The van der Waals surface area contributed by atoms with Gasteiger partial charge in [0.25, 0.3) is 0 Å². The van der Waals surface area contributed by atoms with Crippen molar-refractivity contribution >= 4 is 17.4 Å². The van der Waals surface area contributed by atoms with Gasteiger partial charge in [0.05, 0.1) is 11.8 Å². The van der Waals surface area contributed by atoms with Gasteiger partial charge >= 0.3 is 0 Å². The highest BCUT2D eigenvalue weighted by Gasteiger charge is 2.50. The summed E-state index contributed by atoms with van der Waals surface area (Å²) >= 11 is 0. The average Bonchev–Trinajstić information content (AvgIpc) is 3.45. The second kappa shape index (κ2) is 22.4. The van der Waals surface area contributed by atoms with Gasteiger partial charge in [0.2, 0.25) is 11.8 Å². The molecule has 3 N–H and O–H groups in total. The van der Waals surface area contributed by atoms with E-state index >= 15 is 0 Å². The third kappa shape index (κ3) is 11.0. The first kappa shape index (κ1) is 53.7. The van der Waals surface area contributed by atoms with Crippen molar-refractivity contribution in [2.75, 3.05) is 26.2 Å². The molecule has 0 unspecified atom stereocenters. The lowest BCUT2D eigenvalue weighted by molar-refractivity contribution is -0.144. The van der Waals surface area contributed by atoms with E-state index in [2.05, 4.69) is 135 Å². The average molecular weight is 1030 g/mol. The Hall–Kier alpha value is -6.64. The summed E-state index contributed by atoms with van der Waals surface area (Å²) in [4.78, 5) is 33.3. The summed E-state index contributed by atoms with van der Waals surface area (Å²) in [5, 5.41) is 29.7. The predicted molar refractivity (Wildman–Crippen MR) is 310 cm³/mol. The topological polar surface area (TPSA) is 105 Å². The molecule has 6 aliphatic rings. The van der Waals surface area contributed by atoms with E-state index in [9.17, 15) is 24.9 Å². The molecule has 6 heterocycles. The van der Waals surface area contributed by atoms with Crippen LogP contribution in [0.3, 0.4) is 0 Å². The van der Waals surface area contributed by atoms with Gasteiger partial charge in [-0.2, -0.15) is 0 Å². The molecule has 0 radical (unpaired) electrons. The van der Waals surface area contributed by atoms with Crippen LogP contribution in [0.25, 0.3) is 5.57 Å². The zero-order chi connectivity index (χ0) is 54.1. The quantitative estimate of drug-likeness (QED) is 0.154. The number of nitrogens with zero attached hydrogens (tertiary/aromatic N) is 3. The van der Waals surface area contributed by atoms with Crippen molar-refractivity contribution in [1.82, 2.24) is 14.7 Å². The van der Waals surface area contributed by atoms with Crippen molar-refractivity contribution in [3.63, 3.8) is 0 Å². The first-order valence-electron chi connectivity index (χ1n) is 28.6. The molecule has 77 heavy (non-hydrogen) atoms. The Balaban J connectivity index is 0.000000131. The van der Waals surface area contributed by atoms with Crippen LogP contribution in [0.15, 0.2) is 170 Å². The summed E-state index contributed by atoms with van der Waals surface area (Å²) in [6, 6.07) is 55.5. The molecule has 11 atom stereocenters. The third-order valence-corrected chi connectivity index (χ3v) is 19.9. The Morgan fingerprint density at radius 3 is 1.22 bits per heavy atom. The third-order valence-electron chi connectivity index (χ3n) is 19.9. The molecule has 0 spiro atoms. The lowest BCUT2D eigenvalue weighted by atomic mass is 9.64. The highest BCUT2D eigenvalue weighted by Crippen LogP contribution is 2.49. The van der Waals surface area contributed by atoms with Crippen LogP contribution in [0.1, 0.15) is 138 Å². The number of phenols is 3. The normalized spacial score (nSPS) is 31.0. The van der Waals surface area contributed by atoms with Gasteiger partial charge in [0.15, 0.2) is 0 Å².